The van der Waals surface area contributed by atoms with E-state index < -0.39 is 0 Å². The molecule has 0 aliphatic rings. The summed E-state index contributed by atoms with van der Waals surface area (Å²) in [7, 11) is 1.65. The van der Waals surface area contributed by atoms with E-state index in [1.807, 2.05) is 12.1 Å². The van der Waals surface area contributed by atoms with E-state index in [0.717, 1.165) is 29.4 Å². The van der Waals surface area contributed by atoms with Gasteiger partial charge in [0.25, 0.3) is 11.8 Å². The van der Waals surface area contributed by atoms with Gasteiger partial charge in [-0.15, -0.1) is 0 Å². The summed E-state index contributed by atoms with van der Waals surface area (Å²) >= 11 is 6.93. The number of carbonyl (C=O) groups is 2. The predicted octanol–water partition coefficient (Wildman–Crippen LogP) is 3.15. The van der Waals surface area contributed by atoms with Crippen molar-refractivity contribution in [3.63, 3.8) is 0 Å². The van der Waals surface area contributed by atoms with Gasteiger partial charge in [0, 0.05) is 60.5 Å². The van der Waals surface area contributed by atoms with Crippen LogP contribution >= 0.6 is 31.9 Å². The number of imidazole rings is 1. The lowest BCUT2D eigenvalue weighted by Gasteiger charge is -2.23. The Morgan fingerprint density at radius 2 is 1.83 bits per heavy atom. The fourth-order valence-electron chi connectivity index (χ4n) is 2.83. The molecule has 0 spiro atoms. The van der Waals surface area contributed by atoms with Crippen molar-refractivity contribution in [3.05, 3.63) is 60.3 Å². The number of rotatable bonds is 8. The van der Waals surface area contributed by atoms with Gasteiger partial charge in [0.05, 0.1) is 0 Å². The molecule has 10 heteroatoms. The summed E-state index contributed by atoms with van der Waals surface area (Å²) in [4.78, 5) is 31.1. The Bertz CT molecular complexity index is 963. The largest absolute Gasteiger partial charge is 0.370 e. The Morgan fingerprint density at radius 3 is 2.41 bits per heavy atom. The molecule has 8 nitrogen and oxygen atoms in total. The van der Waals surface area contributed by atoms with Crippen LogP contribution in [0, 0.1) is 0 Å². The zero-order valence-corrected chi connectivity index (χ0v) is 18.9. The third-order valence-corrected chi connectivity index (χ3v) is 4.99. The number of nitrogens with zero attached hydrogens (tertiary/aromatic N) is 5. The van der Waals surface area contributed by atoms with Crippen LogP contribution in [-0.4, -0.2) is 54.9 Å². The number of hydrogen-bond donors (Lipinski definition) is 1. The average molecular weight is 524 g/mol. The Labute approximate surface area is 185 Å². The molecule has 3 rings (SSSR count). The van der Waals surface area contributed by atoms with E-state index in [9.17, 15) is 9.59 Å². The highest BCUT2D eigenvalue weighted by atomic mass is 79.9. The van der Waals surface area contributed by atoms with Crippen LogP contribution in [0.4, 0.5) is 11.5 Å². The topological polar surface area (TPSA) is 85.0 Å². The van der Waals surface area contributed by atoms with Crippen molar-refractivity contribution in [1.82, 2.24) is 19.3 Å². The molecule has 152 valence electrons. The normalized spacial score (nSPS) is 10.7. The minimum absolute atomic E-state index is 0.277. The minimum atomic E-state index is -0.288. The van der Waals surface area contributed by atoms with Crippen LogP contribution in [0.25, 0.3) is 0 Å². The first kappa shape index (κ1) is 21.3. The van der Waals surface area contributed by atoms with Crippen LogP contribution in [0.15, 0.2) is 49.1 Å². The SMILES string of the molecule is Cn1nc(NC(=O)c2ccc(N(CCBr)CCBr)cc2)cc1C(=O)n1ccnc1. The van der Waals surface area contributed by atoms with Crippen molar-refractivity contribution in [3.8, 4) is 0 Å². The quantitative estimate of drug-likeness (QED) is 0.458. The van der Waals surface area contributed by atoms with Gasteiger partial charge in [0.1, 0.15) is 12.0 Å². The first-order valence-electron chi connectivity index (χ1n) is 8.88. The fourth-order valence-corrected chi connectivity index (χ4v) is 3.68. The monoisotopic (exact) mass is 522 g/mol. The number of alkyl halides is 2. The number of amides is 1. The molecule has 2 aromatic heterocycles. The lowest BCUT2D eigenvalue weighted by Crippen LogP contribution is -2.27. The number of carbonyl (C=O) groups excluding carboxylic acids is 2. The maximum absolute atomic E-state index is 12.6. The Hall–Kier alpha value is -2.46. The summed E-state index contributed by atoms with van der Waals surface area (Å²) in [6.45, 7) is 1.75. The lowest BCUT2D eigenvalue weighted by atomic mass is 10.2. The molecule has 0 unspecified atom stereocenters. The number of aromatic nitrogens is 4. The van der Waals surface area contributed by atoms with E-state index in [1.54, 1.807) is 31.4 Å². The summed E-state index contributed by atoms with van der Waals surface area (Å²) in [5.41, 5.74) is 1.90. The Kier molecular flexibility index (Phi) is 7.21. The van der Waals surface area contributed by atoms with Crippen molar-refractivity contribution in [1.29, 1.82) is 0 Å². The lowest BCUT2D eigenvalue weighted by molar-refractivity contribution is 0.0949. The molecule has 0 atom stereocenters. The second-order valence-corrected chi connectivity index (χ2v) is 7.77. The van der Waals surface area contributed by atoms with Gasteiger partial charge >= 0.3 is 0 Å². The molecule has 0 saturated carbocycles. The molecule has 1 N–H and O–H groups in total. The molecule has 0 aliphatic heterocycles. The van der Waals surface area contributed by atoms with Crippen LogP contribution in [0.3, 0.4) is 0 Å². The summed E-state index contributed by atoms with van der Waals surface area (Å²) in [5.74, 6) is -0.255. The van der Waals surface area contributed by atoms with Gasteiger partial charge in [-0.25, -0.2) is 4.98 Å². The van der Waals surface area contributed by atoms with Crippen molar-refractivity contribution in [2.24, 2.45) is 7.05 Å². The molecular weight excluding hydrogens is 504 g/mol. The highest BCUT2D eigenvalue weighted by Gasteiger charge is 2.17. The maximum Gasteiger partial charge on any atom is 0.281 e. The maximum atomic E-state index is 12.6. The fraction of sp³-hybridized carbons (Fsp3) is 0.263. The summed E-state index contributed by atoms with van der Waals surface area (Å²) < 4.78 is 2.78. The van der Waals surface area contributed by atoms with E-state index in [1.165, 1.54) is 21.8 Å². The van der Waals surface area contributed by atoms with Crippen LogP contribution < -0.4 is 10.2 Å². The van der Waals surface area contributed by atoms with Gasteiger partial charge < -0.3 is 10.2 Å². The van der Waals surface area contributed by atoms with Crippen molar-refractivity contribution >= 4 is 55.2 Å². The van der Waals surface area contributed by atoms with Crippen LogP contribution in [0.2, 0.25) is 0 Å². The van der Waals surface area contributed by atoms with Crippen molar-refractivity contribution < 1.29 is 9.59 Å². The van der Waals surface area contributed by atoms with E-state index in [0.29, 0.717) is 17.1 Å². The van der Waals surface area contributed by atoms with Crippen LogP contribution in [0.5, 0.6) is 0 Å². The second-order valence-electron chi connectivity index (χ2n) is 6.18. The zero-order chi connectivity index (χ0) is 20.8. The van der Waals surface area contributed by atoms with Gasteiger partial charge in [-0.3, -0.25) is 18.8 Å². The van der Waals surface area contributed by atoms with Crippen molar-refractivity contribution in [2.75, 3.05) is 34.0 Å². The molecule has 0 saturated heterocycles. The molecule has 1 amide bonds. The number of aryl methyl sites for hydroxylation is 1. The zero-order valence-electron chi connectivity index (χ0n) is 15.8. The summed E-state index contributed by atoms with van der Waals surface area (Å²) in [6, 6.07) is 8.95. The predicted molar refractivity (Wildman–Crippen MR) is 119 cm³/mol. The average Bonchev–Trinajstić information content (AvgIpc) is 3.37. The first-order valence-corrected chi connectivity index (χ1v) is 11.1. The van der Waals surface area contributed by atoms with Crippen LogP contribution in [-0.2, 0) is 7.05 Å². The van der Waals surface area contributed by atoms with Gasteiger partial charge in [-0.1, -0.05) is 31.9 Å². The minimum Gasteiger partial charge on any atom is -0.370 e. The number of anilines is 2. The molecule has 0 radical (unpaired) electrons. The Balaban J connectivity index is 1.70. The number of hydrogen-bond acceptors (Lipinski definition) is 5. The molecule has 2 heterocycles. The molecule has 0 bridgehead atoms. The number of benzene rings is 1. The highest BCUT2D eigenvalue weighted by molar-refractivity contribution is 9.09. The van der Waals surface area contributed by atoms with E-state index >= 15 is 0 Å². The summed E-state index contributed by atoms with van der Waals surface area (Å²) in [5, 5.41) is 8.68. The van der Waals surface area contributed by atoms with Gasteiger partial charge in [-0.2, -0.15) is 5.10 Å². The Morgan fingerprint density at radius 1 is 1.14 bits per heavy atom. The molecular formula is C19H20Br2N6O2. The molecule has 0 fully saturated rings. The van der Waals surface area contributed by atoms with Crippen LogP contribution in [0.1, 0.15) is 20.8 Å². The van der Waals surface area contributed by atoms with Gasteiger partial charge in [0.15, 0.2) is 5.82 Å². The van der Waals surface area contributed by atoms with Crippen molar-refractivity contribution in [2.45, 2.75) is 0 Å². The smallest absolute Gasteiger partial charge is 0.281 e. The third kappa shape index (κ3) is 5.13. The third-order valence-electron chi connectivity index (χ3n) is 4.28. The molecule has 0 aliphatic carbocycles. The second kappa shape index (κ2) is 9.84. The first-order chi connectivity index (χ1) is 14.0. The summed E-state index contributed by atoms with van der Waals surface area (Å²) in [6.07, 6.45) is 4.50. The van der Waals surface area contributed by atoms with E-state index in [-0.39, 0.29) is 11.8 Å². The highest BCUT2D eigenvalue weighted by Crippen LogP contribution is 2.17. The number of halogens is 2. The van der Waals surface area contributed by atoms with Gasteiger partial charge in [-0.05, 0) is 24.3 Å². The standard InChI is InChI=1S/C19H20Br2N6O2/c1-25-16(19(29)27-11-8-22-13-27)12-17(24-25)23-18(28)14-2-4-15(5-3-14)26(9-6-20)10-7-21/h2-5,8,11-13H,6-7,9-10H2,1H3,(H,23,24,28). The molecule has 3 aromatic rings. The molecule has 29 heavy (non-hydrogen) atoms. The molecule has 1 aromatic carbocycles. The van der Waals surface area contributed by atoms with E-state index in [2.05, 4.69) is 52.2 Å². The van der Waals surface area contributed by atoms with E-state index in [4.69, 9.17) is 0 Å². The number of nitrogens with one attached hydrogen (secondary N) is 1. The van der Waals surface area contributed by atoms with Gasteiger partial charge in [0.2, 0.25) is 0 Å².